The molecule has 0 N–H and O–H groups in total. The maximum atomic E-state index is 12.8. The van der Waals surface area contributed by atoms with Crippen molar-refractivity contribution in [2.24, 2.45) is 0 Å². The topological polar surface area (TPSA) is 61.3 Å². The molecule has 0 unspecified atom stereocenters. The Balaban J connectivity index is 2.19. The van der Waals surface area contributed by atoms with E-state index in [4.69, 9.17) is 9.47 Å². The Hall–Kier alpha value is -1.94. The van der Waals surface area contributed by atoms with E-state index >= 15 is 0 Å². The molecule has 0 spiro atoms. The van der Waals surface area contributed by atoms with E-state index in [-0.39, 0.29) is 12.4 Å². The molecule has 0 bridgehead atoms. The monoisotopic (exact) mass is 404 g/mol. The fourth-order valence-corrected chi connectivity index (χ4v) is 3.39. The van der Waals surface area contributed by atoms with Gasteiger partial charge in [0.2, 0.25) is 0 Å². The van der Waals surface area contributed by atoms with Crippen LogP contribution in [-0.4, -0.2) is 35.4 Å². The van der Waals surface area contributed by atoms with Crippen molar-refractivity contribution in [3.63, 3.8) is 0 Å². The molecule has 0 aliphatic carbocycles. The van der Waals surface area contributed by atoms with Gasteiger partial charge in [-0.3, -0.25) is 4.79 Å². The average Bonchev–Trinajstić information content (AvgIpc) is 2.60. The van der Waals surface area contributed by atoms with E-state index in [9.17, 15) is 18.0 Å². The summed E-state index contributed by atoms with van der Waals surface area (Å²) in [5.41, 5.74) is -0.743. The van der Waals surface area contributed by atoms with E-state index in [0.717, 1.165) is 35.7 Å². The highest BCUT2D eigenvalue weighted by Crippen LogP contribution is 2.37. The summed E-state index contributed by atoms with van der Waals surface area (Å²) in [6.45, 7) is 1.98. The van der Waals surface area contributed by atoms with Crippen LogP contribution in [0.4, 0.5) is 13.2 Å². The van der Waals surface area contributed by atoms with Gasteiger partial charge in [0.05, 0.1) is 31.2 Å². The molecule has 0 amide bonds. The number of methoxy groups -OCH3 is 1. The Morgan fingerprint density at radius 3 is 2.73 bits per heavy atom. The molecule has 1 aromatic heterocycles. The van der Waals surface area contributed by atoms with Crippen molar-refractivity contribution in [1.82, 2.24) is 9.97 Å². The number of benzene rings is 1. The third-order valence-corrected chi connectivity index (χ3v) is 4.73. The summed E-state index contributed by atoms with van der Waals surface area (Å²) in [6.07, 6.45) is -3.01. The molecule has 1 aromatic carbocycles. The lowest BCUT2D eigenvalue weighted by Gasteiger charge is -2.10. The van der Waals surface area contributed by atoms with Gasteiger partial charge in [0.15, 0.2) is 10.9 Å². The smallest absolute Gasteiger partial charge is 0.416 e. The molecule has 2 rings (SSSR count). The van der Waals surface area contributed by atoms with Crippen LogP contribution in [-0.2, 0) is 15.7 Å². The second-order valence-corrected chi connectivity index (χ2v) is 6.75. The first-order chi connectivity index (χ1) is 12.3. The first-order valence-electron chi connectivity index (χ1n) is 7.38. The predicted octanol–water partition coefficient (Wildman–Crippen LogP) is 4.31. The second-order valence-electron chi connectivity index (χ2n) is 4.75. The molecule has 140 valence electrons. The van der Waals surface area contributed by atoms with Crippen LogP contribution in [0.1, 0.15) is 12.5 Å². The number of carbonyl (C=O) groups excluding carboxylic acids is 1. The highest BCUT2D eigenvalue weighted by Gasteiger charge is 2.30. The maximum absolute atomic E-state index is 12.8. The van der Waals surface area contributed by atoms with Crippen molar-refractivity contribution >= 4 is 29.5 Å². The summed E-state index contributed by atoms with van der Waals surface area (Å²) in [6, 6.07) is 4.92. The summed E-state index contributed by atoms with van der Waals surface area (Å²) < 4.78 is 48.5. The third-order valence-electron chi connectivity index (χ3n) is 2.92. The summed E-state index contributed by atoms with van der Waals surface area (Å²) >= 11 is 2.10. The van der Waals surface area contributed by atoms with E-state index < -0.39 is 17.7 Å². The van der Waals surface area contributed by atoms with Gasteiger partial charge in [-0.25, -0.2) is 9.97 Å². The predicted molar refractivity (Wildman–Crippen MR) is 91.5 cm³/mol. The zero-order chi connectivity index (χ0) is 19.2. The number of thioether (sulfide) groups is 1. The molecule has 1 heterocycles. The lowest BCUT2D eigenvalue weighted by Crippen LogP contribution is -2.07. The molecule has 10 heteroatoms. The van der Waals surface area contributed by atoms with Crippen LogP contribution in [0.15, 0.2) is 45.5 Å². The highest BCUT2D eigenvalue weighted by atomic mass is 32.2. The standard InChI is InChI=1S/C16H15F3N2O3S2/c1-3-24-13(22)9-25-15-20-8-12(23-2)14(21-15)26-11-6-4-5-10(7-11)16(17,18)19/h4-8H,3,9H2,1-2H3. The Morgan fingerprint density at radius 1 is 1.31 bits per heavy atom. The van der Waals surface area contributed by atoms with E-state index in [2.05, 4.69) is 9.97 Å². The number of rotatable bonds is 7. The van der Waals surface area contributed by atoms with Crippen LogP contribution >= 0.6 is 23.5 Å². The van der Waals surface area contributed by atoms with E-state index in [1.807, 2.05) is 0 Å². The molecule has 2 aromatic rings. The van der Waals surface area contributed by atoms with Crippen molar-refractivity contribution in [2.45, 2.75) is 28.2 Å². The zero-order valence-corrected chi connectivity index (χ0v) is 15.5. The molecule has 26 heavy (non-hydrogen) atoms. The number of aromatic nitrogens is 2. The second kappa shape index (κ2) is 9.13. The third kappa shape index (κ3) is 5.80. The maximum Gasteiger partial charge on any atom is 0.416 e. The normalized spacial score (nSPS) is 11.3. The zero-order valence-electron chi connectivity index (χ0n) is 13.9. The largest absolute Gasteiger partial charge is 0.492 e. The minimum atomic E-state index is -4.42. The Bertz CT molecular complexity index is 773. The van der Waals surface area contributed by atoms with E-state index in [0.29, 0.717) is 20.8 Å². The Kier molecular flexibility index (Phi) is 7.15. The number of nitrogens with zero attached hydrogens (tertiary/aromatic N) is 2. The number of ether oxygens (including phenoxy) is 2. The van der Waals surface area contributed by atoms with Crippen molar-refractivity contribution in [1.29, 1.82) is 0 Å². The van der Waals surface area contributed by atoms with Crippen molar-refractivity contribution in [3.05, 3.63) is 36.0 Å². The SMILES string of the molecule is CCOC(=O)CSc1ncc(OC)c(Sc2cccc(C(F)(F)F)c2)n1. The lowest BCUT2D eigenvalue weighted by molar-refractivity contribution is -0.140. The van der Waals surface area contributed by atoms with Gasteiger partial charge in [0, 0.05) is 4.90 Å². The van der Waals surface area contributed by atoms with Crippen LogP contribution in [0.3, 0.4) is 0 Å². The Morgan fingerprint density at radius 2 is 2.08 bits per heavy atom. The van der Waals surface area contributed by atoms with E-state index in [1.165, 1.54) is 19.4 Å². The van der Waals surface area contributed by atoms with Gasteiger partial charge in [0.1, 0.15) is 5.03 Å². The minimum Gasteiger partial charge on any atom is -0.492 e. The van der Waals surface area contributed by atoms with Crippen LogP contribution in [0.25, 0.3) is 0 Å². The van der Waals surface area contributed by atoms with E-state index in [1.54, 1.807) is 13.0 Å². The molecule has 0 aliphatic rings. The molecule has 5 nitrogen and oxygen atoms in total. The van der Waals surface area contributed by atoms with Crippen LogP contribution in [0.5, 0.6) is 5.75 Å². The molecule has 0 fully saturated rings. The number of alkyl halides is 3. The molecular formula is C16H15F3N2O3S2. The fraction of sp³-hybridized carbons (Fsp3) is 0.312. The van der Waals surface area contributed by atoms with Crippen LogP contribution in [0, 0.1) is 0 Å². The number of hydrogen-bond donors (Lipinski definition) is 0. The highest BCUT2D eigenvalue weighted by molar-refractivity contribution is 8.00. The van der Waals surface area contributed by atoms with Gasteiger partial charge in [0.25, 0.3) is 0 Å². The summed E-state index contributed by atoms with van der Waals surface area (Å²) in [4.78, 5) is 20.1. The number of halogens is 3. The molecule has 0 atom stereocenters. The average molecular weight is 404 g/mol. The molecule has 0 radical (unpaired) electrons. The van der Waals surface area contributed by atoms with Gasteiger partial charge in [-0.1, -0.05) is 29.6 Å². The lowest BCUT2D eigenvalue weighted by atomic mass is 10.2. The van der Waals surface area contributed by atoms with Gasteiger partial charge >= 0.3 is 12.1 Å². The number of esters is 1. The summed E-state index contributed by atoms with van der Waals surface area (Å²) in [7, 11) is 1.42. The van der Waals surface area contributed by atoms with Gasteiger partial charge in [-0.2, -0.15) is 13.2 Å². The number of carbonyl (C=O) groups is 1. The van der Waals surface area contributed by atoms with Gasteiger partial charge in [-0.15, -0.1) is 0 Å². The first kappa shape index (κ1) is 20.4. The van der Waals surface area contributed by atoms with Gasteiger partial charge in [-0.05, 0) is 25.1 Å². The Labute approximate surface area is 156 Å². The molecule has 0 saturated heterocycles. The number of hydrogen-bond acceptors (Lipinski definition) is 7. The van der Waals surface area contributed by atoms with Crippen LogP contribution < -0.4 is 4.74 Å². The molecule has 0 aliphatic heterocycles. The van der Waals surface area contributed by atoms with Gasteiger partial charge < -0.3 is 9.47 Å². The minimum absolute atomic E-state index is 0.0355. The van der Waals surface area contributed by atoms with Crippen molar-refractivity contribution in [3.8, 4) is 5.75 Å². The van der Waals surface area contributed by atoms with Crippen molar-refractivity contribution in [2.75, 3.05) is 19.5 Å². The molecular weight excluding hydrogens is 389 g/mol. The summed E-state index contributed by atoms with van der Waals surface area (Å²) in [5.74, 6) is -0.0368. The van der Waals surface area contributed by atoms with Crippen LogP contribution in [0.2, 0.25) is 0 Å². The molecule has 0 saturated carbocycles. The first-order valence-corrected chi connectivity index (χ1v) is 9.18. The quantitative estimate of drug-likeness (QED) is 0.295. The fourth-order valence-electron chi connectivity index (χ4n) is 1.80. The summed E-state index contributed by atoms with van der Waals surface area (Å²) in [5, 5.41) is 0.654. The van der Waals surface area contributed by atoms with Crippen molar-refractivity contribution < 1.29 is 27.4 Å².